The molecule has 0 radical (unpaired) electrons. The number of hydrogen-bond donors (Lipinski definition) is 1. The predicted octanol–water partition coefficient (Wildman–Crippen LogP) is 2.58. The van der Waals surface area contributed by atoms with Gasteiger partial charge in [0.2, 0.25) is 0 Å². The SMILES string of the molecule is Cc1ccc(N(C)CC2CCCCO2)cc1N. The fraction of sp³-hybridized carbons (Fsp3) is 0.571. The van der Waals surface area contributed by atoms with Gasteiger partial charge in [-0.1, -0.05) is 6.07 Å². The fourth-order valence-electron chi connectivity index (χ4n) is 2.23. The molecule has 2 rings (SSSR count). The maximum absolute atomic E-state index is 5.93. The average Bonchev–Trinajstić information content (AvgIpc) is 2.34. The van der Waals surface area contributed by atoms with Gasteiger partial charge in [0.25, 0.3) is 0 Å². The van der Waals surface area contributed by atoms with E-state index in [0.29, 0.717) is 6.10 Å². The Bertz CT molecular complexity index is 372. The molecule has 1 aliphatic rings. The summed E-state index contributed by atoms with van der Waals surface area (Å²) in [7, 11) is 2.10. The summed E-state index contributed by atoms with van der Waals surface area (Å²) in [6.45, 7) is 3.89. The lowest BCUT2D eigenvalue weighted by Gasteiger charge is -2.28. The van der Waals surface area contributed by atoms with Crippen LogP contribution in [0.1, 0.15) is 24.8 Å². The maximum atomic E-state index is 5.93. The molecule has 0 bridgehead atoms. The summed E-state index contributed by atoms with van der Waals surface area (Å²) < 4.78 is 5.75. The number of likely N-dealkylation sites (N-methyl/N-ethyl adjacent to an activating group) is 1. The molecule has 2 N–H and O–H groups in total. The number of rotatable bonds is 3. The first kappa shape index (κ1) is 12.2. The summed E-state index contributed by atoms with van der Waals surface area (Å²) in [5.41, 5.74) is 9.10. The fourth-order valence-corrected chi connectivity index (χ4v) is 2.23. The third kappa shape index (κ3) is 3.13. The Kier molecular flexibility index (Phi) is 3.89. The Hall–Kier alpha value is -1.22. The summed E-state index contributed by atoms with van der Waals surface area (Å²) in [6, 6.07) is 6.23. The van der Waals surface area contributed by atoms with Crippen LogP contribution in [-0.4, -0.2) is 26.3 Å². The van der Waals surface area contributed by atoms with Crippen LogP contribution in [0.3, 0.4) is 0 Å². The molecule has 1 atom stereocenters. The van der Waals surface area contributed by atoms with E-state index in [9.17, 15) is 0 Å². The second-order valence-electron chi connectivity index (χ2n) is 4.91. The molecule has 94 valence electrons. The number of nitrogens with two attached hydrogens (primary N) is 1. The zero-order valence-electron chi connectivity index (χ0n) is 10.8. The van der Waals surface area contributed by atoms with E-state index in [1.165, 1.54) is 24.9 Å². The second kappa shape index (κ2) is 5.41. The Morgan fingerprint density at radius 3 is 2.88 bits per heavy atom. The van der Waals surface area contributed by atoms with Gasteiger partial charge in [-0.3, -0.25) is 0 Å². The molecule has 1 aliphatic heterocycles. The van der Waals surface area contributed by atoms with Gasteiger partial charge in [0.1, 0.15) is 0 Å². The highest BCUT2D eigenvalue weighted by Gasteiger charge is 2.16. The first-order valence-corrected chi connectivity index (χ1v) is 6.35. The summed E-state index contributed by atoms with van der Waals surface area (Å²) in [6.07, 6.45) is 4.04. The molecule has 0 saturated carbocycles. The molecule has 0 amide bonds. The minimum absolute atomic E-state index is 0.372. The van der Waals surface area contributed by atoms with Crippen LogP contribution >= 0.6 is 0 Å². The molecule has 1 aromatic carbocycles. The molecule has 0 spiro atoms. The third-order valence-corrected chi connectivity index (χ3v) is 3.46. The average molecular weight is 234 g/mol. The number of hydrogen-bond acceptors (Lipinski definition) is 3. The first-order chi connectivity index (χ1) is 8.16. The molecular weight excluding hydrogens is 212 g/mol. The normalized spacial score (nSPS) is 20.2. The van der Waals surface area contributed by atoms with Gasteiger partial charge in [0.05, 0.1) is 6.10 Å². The van der Waals surface area contributed by atoms with E-state index in [0.717, 1.165) is 24.4 Å². The van der Waals surface area contributed by atoms with E-state index in [1.54, 1.807) is 0 Å². The number of aryl methyl sites for hydroxylation is 1. The molecule has 1 heterocycles. The smallest absolute Gasteiger partial charge is 0.0749 e. The van der Waals surface area contributed by atoms with Crippen LogP contribution in [0.4, 0.5) is 11.4 Å². The molecular formula is C14H22N2O. The highest BCUT2D eigenvalue weighted by molar-refractivity contribution is 5.59. The van der Waals surface area contributed by atoms with Gasteiger partial charge in [0, 0.05) is 31.6 Å². The van der Waals surface area contributed by atoms with Crippen LogP contribution < -0.4 is 10.6 Å². The van der Waals surface area contributed by atoms with Gasteiger partial charge in [0.15, 0.2) is 0 Å². The van der Waals surface area contributed by atoms with Crippen molar-refractivity contribution in [1.29, 1.82) is 0 Å². The summed E-state index contributed by atoms with van der Waals surface area (Å²) in [5, 5.41) is 0. The summed E-state index contributed by atoms with van der Waals surface area (Å²) in [4.78, 5) is 2.23. The van der Waals surface area contributed by atoms with Gasteiger partial charge in [-0.2, -0.15) is 0 Å². The van der Waals surface area contributed by atoms with Crippen LogP contribution in [0.25, 0.3) is 0 Å². The van der Waals surface area contributed by atoms with E-state index < -0.39 is 0 Å². The molecule has 0 aliphatic carbocycles. The molecule has 3 nitrogen and oxygen atoms in total. The molecule has 1 unspecified atom stereocenters. The molecule has 1 aromatic rings. The standard InChI is InChI=1S/C14H22N2O/c1-11-6-7-12(9-14(11)15)16(2)10-13-5-3-4-8-17-13/h6-7,9,13H,3-5,8,10,15H2,1-2H3. The van der Waals surface area contributed by atoms with Crippen molar-refractivity contribution in [1.82, 2.24) is 0 Å². The molecule has 3 heteroatoms. The van der Waals surface area contributed by atoms with Crippen molar-refractivity contribution in [2.45, 2.75) is 32.3 Å². The van der Waals surface area contributed by atoms with Crippen molar-refractivity contribution in [2.75, 3.05) is 30.8 Å². The zero-order valence-corrected chi connectivity index (χ0v) is 10.8. The number of ether oxygens (including phenoxy) is 1. The highest BCUT2D eigenvalue weighted by atomic mass is 16.5. The van der Waals surface area contributed by atoms with Crippen molar-refractivity contribution in [3.05, 3.63) is 23.8 Å². The highest BCUT2D eigenvalue weighted by Crippen LogP contribution is 2.22. The van der Waals surface area contributed by atoms with E-state index in [4.69, 9.17) is 10.5 Å². The monoisotopic (exact) mass is 234 g/mol. The number of benzene rings is 1. The topological polar surface area (TPSA) is 38.5 Å². The summed E-state index contributed by atoms with van der Waals surface area (Å²) in [5.74, 6) is 0. The Morgan fingerprint density at radius 2 is 2.24 bits per heavy atom. The first-order valence-electron chi connectivity index (χ1n) is 6.35. The molecule has 0 aromatic heterocycles. The largest absolute Gasteiger partial charge is 0.398 e. The van der Waals surface area contributed by atoms with Gasteiger partial charge in [-0.05, 0) is 43.9 Å². The van der Waals surface area contributed by atoms with Gasteiger partial charge in [-0.15, -0.1) is 0 Å². The van der Waals surface area contributed by atoms with Crippen molar-refractivity contribution in [2.24, 2.45) is 0 Å². The lowest BCUT2D eigenvalue weighted by atomic mass is 10.1. The molecule has 1 saturated heterocycles. The Labute approximate surface area is 104 Å². The minimum atomic E-state index is 0.372. The minimum Gasteiger partial charge on any atom is -0.398 e. The van der Waals surface area contributed by atoms with Crippen LogP contribution in [0, 0.1) is 6.92 Å². The van der Waals surface area contributed by atoms with Crippen LogP contribution in [0.15, 0.2) is 18.2 Å². The zero-order chi connectivity index (χ0) is 12.3. The van der Waals surface area contributed by atoms with Crippen molar-refractivity contribution < 1.29 is 4.74 Å². The van der Waals surface area contributed by atoms with Crippen LogP contribution in [-0.2, 0) is 4.74 Å². The third-order valence-electron chi connectivity index (χ3n) is 3.46. The Balaban J connectivity index is 1.98. The van der Waals surface area contributed by atoms with Crippen molar-refractivity contribution >= 4 is 11.4 Å². The Morgan fingerprint density at radius 1 is 1.41 bits per heavy atom. The predicted molar refractivity (Wildman–Crippen MR) is 72.5 cm³/mol. The van der Waals surface area contributed by atoms with Crippen LogP contribution in [0.5, 0.6) is 0 Å². The van der Waals surface area contributed by atoms with E-state index in [-0.39, 0.29) is 0 Å². The second-order valence-corrected chi connectivity index (χ2v) is 4.91. The lowest BCUT2D eigenvalue weighted by molar-refractivity contribution is 0.0216. The molecule has 17 heavy (non-hydrogen) atoms. The van der Waals surface area contributed by atoms with E-state index in [1.807, 2.05) is 13.0 Å². The quantitative estimate of drug-likeness (QED) is 0.817. The van der Waals surface area contributed by atoms with Gasteiger partial charge < -0.3 is 15.4 Å². The number of anilines is 2. The molecule has 1 fully saturated rings. The van der Waals surface area contributed by atoms with Gasteiger partial charge in [-0.25, -0.2) is 0 Å². The summed E-state index contributed by atoms with van der Waals surface area (Å²) >= 11 is 0. The maximum Gasteiger partial charge on any atom is 0.0749 e. The number of nitrogen functional groups attached to an aromatic ring is 1. The number of nitrogens with zero attached hydrogens (tertiary/aromatic N) is 1. The van der Waals surface area contributed by atoms with Crippen molar-refractivity contribution in [3.8, 4) is 0 Å². The van der Waals surface area contributed by atoms with Crippen molar-refractivity contribution in [3.63, 3.8) is 0 Å². The lowest BCUT2D eigenvalue weighted by Crippen LogP contribution is -2.33. The van der Waals surface area contributed by atoms with Crippen LogP contribution in [0.2, 0.25) is 0 Å². The van der Waals surface area contributed by atoms with Gasteiger partial charge >= 0.3 is 0 Å². The van der Waals surface area contributed by atoms with E-state index in [2.05, 4.69) is 24.1 Å². The van der Waals surface area contributed by atoms with E-state index >= 15 is 0 Å².